The Morgan fingerprint density at radius 2 is 1.85 bits per heavy atom. The smallest absolute Gasteiger partial charge is 0.178 e. The summed E-state index contributed by atoms with van der Waals surface area (Å²) in [7, 11) is 1.66. The molecule has 0 saturated heterocycles. The van der Waals surface area contributed by atoms with Gasteiger partial charge in [0.1, 0.15) is 10.8 Å². The fourth-order valence-corrected chi connectivity index (χ4v) is 6.20. The largest absolute Gasteiger partial charge is 0.497 e. The number of nitrogens with zero attached hydrogens (tertiary/aromatic N) is 3. The highest BCUT2D eigenvalue weighted by Gasteiger charge is 2.30. The first kappa shape index (κ1) is 18.1. The number of hydrazone groups is 1. The molecular weight excluding hydrogens is 398 g/mol. The molecule has 27 heavy (non-hydrogen) atoms. The number of rotatable bonds is 5. The van der Waals surface area contributed by atoms with Gasteiger partial charge in [0.25, 0.3) is 0 Å². The Morgan fingerprint density at radius 3 is 2.59 bits per heavy atom. The molecular formula is C18H17N5OS3. The lowest BCUT2D eigenvalue weighted by molar-refractivity contribution is 0.414. The van der Waals surface area contributed by atoms with Gasteiger partial charge in [-0.05, 0) is 17.7 Å². The van der Waals surface area contributed by atoms with Gasteiger partial charge in [0.2, 0.25) is 0 Å². The van der Waals surface area contributed by atoms with Crippen molar-refractivity contribution in [2.24, 2.45) is 10.8 Å². The van der Waals surface area contributed by atoms with Crippen molar-refractivity contribution in [3.8, 4) is 16.3 Å². The maximum absolute atomic E-state index is 5.95. The molecule has 3 N–H and O–H groups in total. The molecule has 0 spiro atoms. The zero-order valence-corrected chi connectivity index (χ0v) is 16.9. The molecule has 3 aromatic rings. The minimum absolute atomic E-state index is 0.00211. The first-order valence-electron chi connectivity index (χ1n) is 8.18. The van der Waals surface area contributed by atoms with Crippen LogP contribution in [0.2, 0.25) is 0 Å². The molecule has 0 fully saturated rings. The van der Waals surface area contributed by atoms with Crippen LogP contribution in [0.3, 0.4) is 0 Å². The van der Waals surface area contributed by atoms with Crippen LogP contribution in [0.5, 0.6) is 5.75 Å². The van der Waals surface area contributed by atoms with E-state index in [0.717, 1.165) is 26.2 Å². The van der Waals surface area contributed by atoms with E-state index in [2.05, 4.69) is 20.7 Å². The first-order valence-corrected chi connectivity index (χ1v) is 10.8. The summed E-state index contributed by atoms with van der Waals surface area (Å²) in [6.45, 7) is 0. The molecule has 0 amide bonds. The van der Waals surface area contributed by atoms with Gasteiger partial charge in [-0.15, -0.1) is 10.2 Å². The van der Waals surface area contributed by atoms with E-state index in [9.17, 15) is 0 Å². The molecule has 0 saturated carbocycles. The SMILES string of the molecule is COc1ccc([C@@H]2NN=C(N)S[C@@H]2Sc2nnc(-c3ccccc3)s2)cc1. The van der Waals surface area contributed by atoms with E-state index in [1.807, 2.05) is 54.6 Å². The summed E-state index contributed by atoms with van der Waals surface area (Å²) in [5, 5.41) is 14.3. The third-order valence-corrected chi connectivity index (χ3v) is 7.45. The van der Waals surface area contributed by atoms with E-state index in [-0.39, 0.29) is 10.6 Å². The Hall–Kier alpha value is -2.23. The number of hydrogen-bond acceptors (Lipinski definition) is 9. The van der Waals surface area contributed by atoms with E-state index in [1.165, 1.54) is 11.8 Å². The topological polar surface area (TPSA) is 85.4 Å². The number of nitrogens with one attached hydrogen (secondary N) is 1. The molecule has 0 bridgehead atoms. The van der Waals surface area contributed by atoms with Gasteiger partial charge < -0.3 is 10.5 Å². The number of amidine groups is 1. The van der Waals surface area contributed by atoms with Crippen LogP contribution in [-0.2, 0) is 0 Å². The summed E-state index contributed by atoms with van der Waals surface area (Å²) >= 11 is 4.77. The summed E-state index contributed by atoms with van der Waals surface area (Å²) in [5.41, 5.74) is 11.3. The van der Waals surface area contributed by atoms with Crippen molar-refractivity contribution in [3.63, 3.8) is 0 Å². The van der Waals surface area contributed by atoms with Crippen LogP contribution in [0.4, 0.5) is 0 Å². The Bertz CT molecular complexity index is 930. The summed E-state index contributed by atoms with van der Waals surface area (Å²) in [6, 6.07) is 18.0. The van der Waals surface area contributed by atoms with Gasteiger partial charge in [-0.2, -0.15) is 5.10 Å². The Balaban J connectivity index is 1.55. The second-order valence-electron chi connectivity index (χ2n) is 5.67. The van der Waals surface area contributed by atoms with Crippen molar-refractivity contribution >= 4 is 40.0 Å². The van der Waals surface area contributed by atoms with E-state index >= 15 is 0 Å². The third-order valence-electron chi connectivity index (χ3n) is 3.94. The first-order chi connectivity index (χ1) is 13.2. The maximum Gasteiger partial charge on any atom is 0.178 e. The van der Waals surface area contributed by atoms with Crippen LogP contribution in [-0.4, -0.2) is 27.1 Å². The zero-order chi connectivity index (χ0) is 18.6. The van der Waals surface area contributed by atoms with Gasteiger partial charge in [0.05, 0.1) is 17.7 Å². The number of aromatic nitrogens is 2. The molecule has 0 radical (unpaired) electrons. The monoisotopic (exact) mass is 415 g/mol. The van der Waals surface area contributed by atoms with Crippen LogP contribution < -0.4 is 15.9 Å². The van der Waals surface area contributed by atoms with Crippen molar-refractivity contribution in [3.05, 3.63) is 60.2 Å². The summed E-state index contributed by atoms with van der Waals surface area (Å²) in [6.07, 6.45) is 0. The van der Waals surface area contributed by atoms with Crippen molar-refractivity contribution < 1.29 is 4.74 Å². The number of ether oxygens (including phenoxy) is 1. The fraction of sp³-hybridized carbons (Fsp3) is 0.167. The Morgan fingerprint density at radius 1 is 1.07 bits per heavy atom. The van der Waals surface area contributed by atoms with Crippen LogP contribution in [0, 0.1) is 0 Å². The van der Waals surface area contributed by atoms with Gasteiger partial charge in [-0.25, -0.2) is 0 Å². The molecule has 6 nitrogen and oxygen atoms in total. The highest BCUT2D eigenvalue weighted by molar-refractivity contribution is 8.25. The molecule has 0 unspecified atom stereocenters. The van der Waals surface area contributed by atoms with Crippen LogP contribution in [0.25, 0.3) is 10.6 Å². The van der Waals surface area contributed by atoms with Gasteiger partial charge in [-0.3, -0.25) is 5.43 Å². The van der Waals surface area contributed by atoms with E-state index in [1.54, 1.807) is 30.2 Å². The number of hydrogen-bond donors (Lipinski definition) is 2. The predicted molar refractivity (Wildman–Crippen MR) is 113 cm³/mol. The molecule has 9 heteroatoms. The number of thioether (sulfide) groups is 2. The van der Waals surface area contributed by atoms with Crippen molar-refractivity contribution in [2.75, 3.05) is 7.11 Å². The second-order valence-corrected chi connectivity index (χ2v) is 9.50. The van der Waals surface area contributed by atoms with Crippen LogP contribution >= 0.6 is 34.9 Å². The molecule has 4 rings (SSSR count). The number of nitrogens with two attached hydrogens (primary N) is 1. The van der Waals surface area contributed by atoms with E-state index in [4.69, 9.17) is 10.5 Å². The van der Waals surface area contributed by atoms with Gasteiger partial charge in [0, 0.05) is 5.56 Å². The number of benzene rings is 2. The zero-order valence-electron chi connectivity index (χ0n) is 14.4. The third kappa shape index (κ3) is 4.20. The van der Waals surface area contributed by atoms with Crippen LogP contribution in [0.1, 0.15) is 11.6 Å². The number of methoxy groups -OCH3 is 1. The average Bonchev–Trinajstić information content (AvgIpc) is 3.17. The molecule has 0 aliphatic carbocycles. The molecule has 138 valence electrons. The molecule has 1 aliphatic rings. The minimum atomic E-state index is 0.00211. The normalized spacial score (nSPS) is 19.2. The van der Waals surface area contributed by atoms with Crippen molar-refractivity contribution in [1.29, 1.82) is 0 Å². The lowest BCUT2D eigenvalue weighted by Crippen LogP contribution is -2.33. The van der Waals surface area contributed by atoms with Crippen molar-refractivity contribution in [2.45, 2.75) is 15.0 Å². The van der Waals surface area contributed by atoms with Crippen molar-refractivity contribution in [1.82, 2.24) is 15.6 Å². The standard InChI is InChI=1S/C18H17N5OS3/c1-24-13-9-7-11(8-10-13)14-16(26-17(19)22-20-14)27-18-23-21-15(25-18)12-5-3-2-4-6-12/h2-10,14,16,20H,1H3,(H2,19,22)/t14-,16+/m0/s1. The summed E-state index contributed by atoms with van der Waals surface area (Å²) < 4.78 is 6.24. The van der Waals surface area contributed by atoms with Gasteiger partial charge >= 0.3 is 0 Å². The van der Waals surface area contributed by atoms with E-state index < -0.39 is 0 Å². The van der Waals surface area contributed by atoms with E-state index in [0.29, 0.717) is 5.17 Å². The lowest BCUT2D eigenvalue weighted by atomic mass is 10.1. The molecule has 2 aromatic carbocycles. The lowest BCUT2D eigenvalue weighted by Gasteiger charge is -2.29. The van der Waals surface area contributed by atoms with Gasteiger partial charge in [-0.1, -0.05) is 77.3 Å². The highest BCUT2D eigenvalue weighted by Crippen LogP contribution is 2.43. The van der Waals surface area contributed by atoms with Gasteiger partial charge in [0.15, 0.2) is 9.51 Å². The quantitative estimate of drug-likeness (QED) is 0.653. The summed E-state index contributed by atoms with van der Waals surface area (Å²) in [4.78, 5) is 0. The predicted octanol–water partition coefficient (Wildman–Crippen LogP) is 3.94. The fourth-order valence-electron chi connectivity index (χ4n) is 2.60. The molecule has 2 atom stereocenters. The molecule has 1 aliphatic heterocycles. The Kier molecular flexibility index (Phi) is 5.51. The van der Waals surface area contributed by atoms with Crippen LogP contribution in [0.15, 0.2) is 64.0 Å². The minimum Gasteiger partial charge on any atom is -0.497 e. The highest BCUT2D eigenvalue weighted by atomic mass is 32.2. The molecule has 2 heterocycles. The second kappa shape index (κ2) is 8.20. The maximum atomic E-state index is 5.95. The summed E-state index contributed by atoms with van der Waals surface area (Å²) in [5.74, 6) is 0.825. The molecule has 1 aromatic heterocycles. The Labute approximate surface area is 169 Å². The average molecular weight is 416 g/mol.